The first-order valence-corrected chi connectivity index (χ1v) is 5.22. The Hall–Kier alpha value is -1.33. The molecule has 1 aliphatic rings. The molecule has 2 heteroatoms. The third-order valence-electron chi connectivity index (χ3n) is 2.53. The van der Waals surface area contributed by atoms with Crippen molar-refractivity contribution >= 4 is 0 Å². The van der Waals surface area contributed by atoms with E-state index in [0.717, 1.165) is 6.42 Å². The second-order valence-electron chi connectivity index (χ2n) is 3.69. The average Bonchev–Trinajstić information content (AvgIpc) is 2.18. The first kappa shape index (κ1) is 11.7. The van der Waals surface area contributed by atoms with Gasteiger partial charge < -0.3 is 4.74 Å². The molecule has 0 radical (unpaired) electrons. The smallest absolute Gasteiger partial charge is 0.0936 e. The van der Waals surface area contributed by atoms with Gasteiger partial charge in [0.1, 0.15) is 0 Å². The molecule has 15 heavy (non-hydrogen) atoms. The molecule has 0 heterocycles. The monoisotopic (exact) mass is 203 g/mol. The fraction of sp³-hybridized carbons (Fsp3) is 0.462. The van der Waals surface area contributed by atoms with Crippen LogP contribution in [0.2, 0.25) is 0 Å². The van der Waals surface area contributed by atoms with E-state index >= 15 is 0 Å². The first-order chi connectivity index (χ1) is 7.27. The molecule has 0 fully saturated rings. The lowest BCUT2D eigenvalue weighted by molar-refractivity contribution is 0.177. The van der Waals surface area contributed by atoms with Gasteiger partial charge in [-0.25, -0.2) is 0 Å². The number of ether oxygens (including phenoxy) is 1. The lowest BCUT2D eigenvalue weighted by Crippen LogP contribution is -2.05. The lowest BCUT2D eigenvalue weighted by atomic mass is 9.95. The van der Waals surface area contributed by atoms with Crippen LogP contribution < -0.4 is 0 Å². The minimum absolute atomic E-state index is 0.0583. The number of hydrogen-bond acceptors (Lipinski definition) is 2. The average molecular weight is 203 g/mol. The van der Waals surface area contributed by atoms with E-state index in [9.17, 15) is 0 Å². The zero-order valence-corrected chi connectivity index (χ0v) is 9.31. The summed E-state index contributed by atoms with van der Waals surface area (Å²) in [5, 5.41) is 8.65. The van der Waals surface area contributed by atoms with E-state index in [1.807, 2.05) is 12.2 Å². The molecule has 0 aromatic rings. The number of nitriles is 1. The summed E-state index contributed by atoms with van der Waals surface area (Å²) in [5.41, 5.74) is 1.22. The van der Waals surface area contributed by atoms with Gasteiger partial charge >= 0.3 is 0 Å². The Morgan fingerprint density at radius 3 is 3.07 bits per heavy atom. The van der Waals surface area contributed by atoms with Gasteiger partial charge in [0, 0.05) is 13.5 Å². The summed E-state index contributed by atoms with van der Waals surface area (Å²) in [6.07, 6.45) is 11.9. The number of rotatable bonds is 3. The number of allylic oxidation sites excluding steroid dienone is 4. The van der Waals surface area contributed by atoms with Crippen molar-refractivity contribution in [3.05, 3.63) is 36.0 Å². The summed E-state index contributed by atoms with van der Waals surface area (Å²) in [6.45, 7) is 2.08. The summed E-state index contributed by atoms with van der Waals surface area (Å²) in [6, 6.07) is 2.20. The highest BCUT2D eigenvalue weighted by Crippen LogP contribution is 2.18. The summed E-state index contributed by atoms with van der Waals surface area (Å²) in [4.78, 5) is 0. The van der Waals surface area contributed by atoms with E-state index in [4.69, 9.17) is 10.00 Å². The van der Waals surface area contributed by atoms with Gasteiger partial charge in [0.05, 0.1) is 12.2 Å². The topological polar surface area (TPSA) is 33.0 Å². The Morgan fingerprint density at radius 2 is 2.40 bits per heavy atom. The van der Waals surface area contributed by atoms with E-state index in [2.05, 4.69) is 31.2 Å². The third kappa shape index (κ3) is 3.73. The van der Waals surface area contributed by atoms with Crippen LogP contribution in [-0.4, -0.2) is 13.2 Å². The van der Waals surface area contributed by atoms with Gasteiger partial charge in [-0.2, -0.15) is 5.26 Å². The quantitative estimate of drug-likeness (QED) is 0.660. The van der Waals surface area contributed by atoms with Gasteiger partial charge in [-0.1, -0.05) is 37.3 Å². The zero-order valence-electron chi connectivity index (χ0n) is 9.31. The summed E-state index contributed by atoms with van der Waals surface area (Å²) < 4.78 is 5.25. The fourth-order valence-corrected chi connectivity index (χ4v) is 1.53. The van der Waals surface area contributed by atoms with Crippen molar-refractivity contribution in [2.75, 3.05) is 7.11 Å². The first-order valence-electron chi connectivity index (χ1n) is 5.22. The van der Waals surface area contributed by atoms with Crippen molar-refractivity contribution in [1.29, 1.82) is 5.26 Å². The molecule has 0 bridgehead atoms. The van der Waals surface area contributed by atoms with Crippen molar-refractivity contribution in [3.63, 3.8) is 0 Å². The molecular weight excluding hydrogens is 186 g/mol. The number of nitrogens with zero attached hydrogens (tertiary/aromatic N) is 1. The van der Waals surface area contributed by atoms with Crippen LogP contribution in [0.15, 0.2) is 36.0 Å². The van der Waals surface area contributed by atoms with Crippen LogP contribution in [0.4, 0.5) is 0 Å². The second kappa shape index (κ2) is 6.21. The fourth-order valence-electron chi connectivity index (χ4n) is 1.53. The van der Waals surface area contributed by atoms with E-state index < -0.39 is 0 Å². The molecule has 2 unspecified atom stereocenters. The maximum Gasteiger partial charge on any atom is 0.0936 e. The minimum atomic E-state index is 0.0583. The van der Waals surface area contributed by atoms with Crippen LogP contribution in [-0.2, 0) is 4.74 Å². The molecule has 0 aromatic carbocycles. The van der Waals surface area contributed by atoms with Crippen molar-refractivity contribution < 1.29 is 4.74 Å². The SMILES string of the molecule is COC1C=CC/C=C(/C(C)CC#N)C=C1. The van der Waals surface area contributed by atoms with Crippen LogP contribution >= 0.6 is 0 Å². The van der Waals surface area contributed by atoms with Crippen molar-refractivity contribution in [3.8, 4) is 6.07 Å². The molecule has 0 saturated heterocycles. The predicted octanol–water partition coefficient (Wildman–Crippen LogP) is 2.99. The normalized spacial score (nSPS) is 25.9. The molecule has 80 valence electrons. The van der Waals surface area contributed by atoms with Crippen molar-refractivity contribution in [1.82, 2.24) is 0 Å². The summed E-state index contributed by atoms with van der Waals surface area (Å²) >= 11 is 0. The largest absolute Gasteiger partial charge is 0.373 e. The van der Waals surface area contributed by atoms with Gasteiger partial charge in [-0.05, 0) is 17.9 Å². The van der Waals surface area contributed by atoms with Crippen LogP contribution in [0.5, 0.6) is 0 Å². The van der Waals surface area contributed by atoms with E-state index in [0.29, 0.717) is 12.3 Å². The Kier molecular flexibility index (Phi) is 4.86. The van der Waals surface area contributed by atoms with Crippen LogP contribution in [0.3, 0.4) is 0 Å². The van der Waals surface area contributed by atoms with Crippen molar-refractivity contribution in [2.45, 2.75) is 25.9 Å². The molecule has 0 spiro atoms. The maximum atomic E-state index is 8.65. The number of hydrogen-bond donors (Lipinski definition) is 0. The molecule has 1 rings (SSSR count). The Bertz CT molecular complexity index is 320. The van der Waals surface area contributed by atoms with Crippen LogP contribution in [0, 0.1) is 17.2 Å². The lowest BCUT2D eigenvalue weighted by Gasteiger charge is -2.12. The van der Waals surface area contributed by atoms with Crippen molar-refractivity contribution in [2.24, 2.45) is 5.92 Å². The Labute approximate surface area is 91.6 Å². The van der Waals surface area contributed by atoms with E-state index in [-0.39, 0.29) is 6.10 Å². The molecule has 2 atom stereocenters. The highest BCUT2D eigenvalue weighted by atomic mass is 16.5. The highest BCUT2D eigenvalue weighted by Gasteiger charge is 2.07. The van der Waals surface area contributed by atoms with Crippen LogP contribution in [0.25, 0.3) is 0 Å². The van der Waals surface area contributed by atoms with Gasteiger partial charge in [0.25, 0.3) is 0 Å². The predicted molar refractivity (Wildman–Crippen MR) is 61.2 cm³/mol. The molecule has 0 aliphatic heterocycles. The molecule has 0 amide bonds. The second-order valence-corrected chi connectivity index (χ2v) is 3.69. The highest BCUT2D eigenvalue weighted by molar-refractivity contribution is 5.26. The number of methoxy groups -OCH3 is 1. The summed E-state index contributed by atoms with van der Waals surface area (Å²) in [5.74, 6) is 0.301. The minimum Gasteiger partial charge on any atom is -0.373 e. The van der Waals surface area contributed by atoms with Gasteiger partial charge in [-0.15, -0.1) is 0 Å². The van der Waals surface area contributed by atoms with Crippen LogP contribution in [0.1, 0.15) is 19.8 Å². The van der Waals surface area contributed by atoms with E-state index in [1.54, 1.807) is 7.11 Å². The van der Waals surface area contributed by atoms with Gasteiger partial charge in [-0.3, -0.25) is 0 Å². The Morgan fingerprint density at radius 1 is 1.60 bits per heavy atom. The molecule has 0 saturated carbocycles. The molecule has 0 aromatic heterocycles. The molecule has 2 nitrogen and oxygen atoms in total. The standard InChI is InChI=1S/C13H17NO/c1-11(9-10-14)12-5-3-4-6-13(15-2)8-7-12/h4-8,11,13H,3,9H2,1-2H3/b6-4?,8-7?,12-5+. The van der Waals surface area contributed by atoms with Gasteiger partial charge in [0.15, 0.2) is 0 Å². The van der Waals surface area contributed by atoms with Gasteiger partial charge in [0.2, 0.25) is 0 Å². The molecule has 0 N–H and O–H groups in total. The van der Waals surface area contributed by atoms with E-state index in [1.165, 1.54) is 5.57 Å². The molecular formula is C13H17NO. The Balaban J connectivity index is 2.74. The summed E-state index contributed by atoms with van der Waals surface area (Å²) in [7, 11) is 1.70. The third-order valence-corrected chi connectivity index (χ3v) is 2.53. The maximum absolute atomic E-state index is 8.65. The molecule has 1 aliphatic carbocycles. The zero-order chi connectivity index (χ0) is 11.1.